The molecule has 1 aliphatic rings. The highest BCUT2D eigenvalue weighted by molar-refractivity contribution is 5.98. The van der Waals surface area contributed by atoms with E-state index in [1.165, 1.54) is 22.3 Å². The van der Waals surface area contributed by atoms with Crippen LogP contribution < -0.4 is 28.1 Å². The first-order valence-electron chi connectivity index (χ1n) is 10.1. The molecule has 0 bridgehead atoms. The minimum absolute atomic E-state index is 0.793. The Kier molecular flexibility index (Phi) is 6.51. The number of halogens is 1. The number of ether oxygens (including phenoxy) is 2. The van der Waals surface area contributed by atoms with E-state index in [0.29, 0.717) is 0 Å². The monoisotopic (exact) mass is 468 g/mol. The molecule has 0 fully saturated rings. The van der Waals surface area contributed by atoms with Crippen molar-refractivity contribution in [3.63, 3.8) is 0 Å². The van der Waals surface area contributed by atoms with Gasteiger partial charge in [0.15, 0.2) is 0 Å². The Hall–Kier alpha value is -3.20. The maximum atomic E-state index is 8.49. The van der Waals surface area contributed by atoms with Gasteiger partial charge in [-0.25, -0.2) is 23.1 Å². The van der Waals surface area contributed by atoms with Crippen molar-refractivity contribution >= 4 is 11.0 Å². The largest absolute Gasteiger partial charge is 0.497 e. The summed E-state index contributed by atoms with van der Waals surface area (Å²) in [5, 5.41) is 1.11. The molecule has 5 rings (SSSR count). The molecule has 7 nitrogen and oxygen atoms in total. The molecule has 0 amide bonds. The molecule has 1 aromatic heterocycles. The smallest absolute Gasteiger partial charge is 0.365 e. The van der Waals surface area contributed by atoms with E-state index in [4.69, 9.17) is 32.5 Å². The van der Waals surface area contributed by atoms with E-state index in [2.05, 4.69) is 48.5 Å². The topological polar surface area (TPSA) is 122 Å². The van der Waals surface area contributed by atoms with Crippen LogP contribution in [0.2, 0.25) is 0 Å². The van der Waals surface area contributed by atoms with Crippen molar-refractivity contribution in [2.75, 3.05) is 14.2 Å². The lowest BCUT2D eigenvalue weighted by Crippen LogP contribution is -2.68. The Balaban J connectivity index is 0.000000471. The van der Waals surface area contributed by atoms with Crippen LogP contribution in [-0.4, -0.2) is 14.2 Å². The molecule has 0 saturated heterocycles. The maximum absolute atomic E-state index is 8.49. The normalized spacial score (nSPS) is 12.3. The predicted octanol–water partition coefficient (Wildman–Crippen LogP) is 1.41. The van der Waals surface area contributed by atoms with Gasteiger partial charge < -0.3 is 9.47 Å². The number of hydrogen-bond donors (Lipinski definition) is 0. The first kappa shape index (κ1) is 23.0. The average molecular weight is 469 g/mol. The predicted molar refractivity (Wildman–Crippen MR) is 112 cm³/mol. The van der Waals surface area contributed by atoms with Gasteiger partial charge in [-0.2, -0.15) is 0 Å². The van der Waals surface area contributed by atoms with Crippen molar-refractivity contribution in [2.24, 2.45) is 0 Å². The number of hydrogen-bond acceptors (Lipinski definition) is 6. The van der Waals surface area contributed by atoms with Crippen molar-refractivity contribution in [1.82, 2.24) is 0 Å². The fourth-order valence-electron chi connectivity index (χ4n) is 4.14. The van der Waals surface area contributed by atoms with E-state index >= 15 is 0 Å². The molecule has 0 aliphatic heterocycles. The van der Waals surface area contributed by atoms with Crippen molar-refractivity contribution in [1.29, 1.82) is 0 Å². The third-order valence-electron chi connectivity index (χ3n) is 5.51. The van der Waals surface area contributed by atoms with Crippen LogP contribution in [0.4, 0.5) is 0 Å². The zero-order valence-electron chi connectivity index (χ0n) is 18.0. The van der Waals surface area contributed by atoms with Gasteiger partial charge in [0, 0.05) is 5.56 Å². The molecule has 0 unspecified atom stereocenters. The van der Waals surface area contributed by atoms with E-state index in [1.54, 1.807) is 14.2 Å². The Labute approximate surface area is 192 Å². The van der Waals surface area contributed by atoms with Crippen LogP contribution in [0.25, 0.3) is 33.4 Å². The Morgan fingerprint density at radius 2 is 1.42 bits per heavy atom. The minimum Gasteiger partial charge on any atom is -0.497 e. The van der Waals surface area contributed by atoms with Gasteiger partial charge in [0.25, 0.3) is 0 Å². The highest BCUT2D eigenvalue weighted by Crippen LogP contribution is 2.44. The van der Waals surface area contributed by atoms with Crippen LogP contribution in [-0.2, 0) is 12.8 Å². The first-order valence-corrected chi connectivity index (χ1v) is 11.3. The summed E-state index contributed by atoms with van der Waals surface area (Å²) in [7, 11) is -1.56. The van der Waals surface area contributed by atoms with Gasteiger partial charge in [0.1, 0.15) is 11.5 Å². The Morgan fingerprint density at radius 3 is 2.09 bits per heavy atom. The summed E-state index contributed by atoms with van der Waals surface area (Å²) in [5.41, 5.74) is 6.96. The fraction of sp³-hybridized carbons (Fsp3) is 0.160. The lowest BCUT2D eigenvalue weighted by molar-refractivity contribution is -2.00. The number of methoxy groups -OCH3 is 2. The van der Waals surface area contributed by atoms with Gasteiger partial charge in [-0.15, -0.1) is 10.2 Å². The summed E-state index contributed by atoms with van der Waals surface area (Å²) in [6.07, 6.45) is 1.90. The van der Waals surface area contributed by atoms with Gasteiger partial charge in [-0.05, 0) is 54.3 Å². The Bertz CT molecular complexity index is 1280. The number of aryl methyl sites for hydroxylation is 1. The second-order valence-corrected chi connectivity index (χ2v) is 8.17. The standard InChI is InChI=1S/C25H21O3.ClHO4/c1-26-18-9-12-20-17(14-18)8-11-22-24(16-6-4-3-5-7-16)21-13-10-19(27-2)15-23(21)28-25(20)22;2-1(3,4)5/h3-7,9-10,12-15H,8,11H2,1-2H3;(H,2,3,4,5)/q+1;/p-1. The van der Waals surface area contributed by atoms with E-state index in [-0.39, 0.29) is 0 Å². The van der Waals surface area contributed by atoms with Crippen molar-refractivity contribution in [3.8, 4) is 33.9 Å². The molecule has 0 atom stereocenters. The number of benzene rings is 3. The summed E-state index contributed by atoms with van der Waals surface area (Å²) in [6.45, 7) is 0. The SMILES string of the molecule is COc1ccc2c(c1)CCc1c-2[o+]c2cc(OC)ccc2c1-c1ccccc1.[O-][Cl+3]([O-])([O-])[O-]. The van der Waals surface area contributed by atoms with Crippen molar-refractivity contribution in [2.45, 2.75) is 12.8 Å². The third-order valence-corrected chi connectivity index (χ3v) is 5.51. The zero-order chi connectivity index (χ0) is 23.6. The molecule has 0 saturated carbocycles. The van der Waals surface area contributed by atoms with Crippen LogP contribution in [0.1, 0.15) is 11.1 Å². The van der Waals surface area contributed by atoms with Gasteiger partial charge in [0.2, 0.25) is 0 Å². The molecular weight excluding hydrogens is 448 g/mol. The summed E-state index contributed by atoms with van der Waals surface area (Å²) in [6, 6.07) is 22.9. The summed E-state index contributed by atoms with van der Waals surface area (Å²) in [5.74, 6) is 2.62. The van der Waals surface area contributed by atoms with Gasteiger partial charge in [-0.1, -0.05) is 30.3 Å². The molecule has 1 aliphatic carbocycles. The molecular formula is C25H21ClO7. The molecule has 0 radical (unpaired) electrons. The van der Waals surface area contributed by atoms with Gasteiger partial charge >= 0.3 is 11.3 Å². The third kappa shape index (κ3) is 5.08. The molecule has 3 aromatic carbocycles. The maximum Gasteiger partial charge on any atom is 0.365 e. The van der Waals surface area contributed by atoms with Crippen LogP contribution in [0.3, 0.4) is 0 Å². The number of rotatable bonds is 3. The van der Waals surface area contributed by atoms with Gasteiger partial charge in [-0.3, -0.25) is 0 Å². The Morgan fingerprint density at radius 1 is 0.788 bits per heavy atom. The van der Waals surface area contributed by atoms with E-state index in [1.807, 2.05) is 18.2 Å². The van der Waals surface area contributed by atoms with Crippen LogP contribution >= 0.6 is 0 Å². The quantitative estimate of drug-likeness (QED) is 0.416. The van der Waals surface area contributed by atoms with Crippen LogP contribution in [0.5, 0.6) is 11.5 Å². The molecule has 1 heterocycles. The molecule has 0 N–H and O–H groups in total. The van der Waals surface area contributed by atoms with Gasteiger partial charge in [0.05, 0.1) is 36.8 Å². The highest BCUT2D eigenvalue weighted by atomic mass is 35.7. The lowest BCUT2D eigenvalue weighted by Gasteiger charge is -2.17. The van der Waals surface area contributed by atoms with Crippen molar-refractivity contribution in [3.05, 3.63) is 77.9 Å². The lowest BCUT2D eigenvalue weighted by atomic mass is 9.84. The molecule has 33 heavy (non-hydrogen) atoms. The second-order valence-electron chi connectivity index (χ2n) is 7.41. The van der Waals surface area contributed by atoms with Crippen molar-refractivity contribution < 1.29 is 42.8 Å². The average Bonchev–Trinajstić information content (AvgIpc) is 2.81. The van der Waals surface area contributed by atoms with E-state index in [0.717, 1.165) is 46.6 Å². The van der Waals surface area contributed by atoms with E-state index in [9.17, 15) is 0 Å². The number of fused-ring (bicyclic) bond motifs is 4. The first-order chi connectivity index (χ1) is 15.8. The summed E-state index contributed by atoms with van der Waals surface area (Å²) in [4.78, 5) is 0. The fourth-order valence-corrected chi connectivity index (χ4v) is 4.14. The minimum atomic E-state index is -4.94. The summed E-state index contributed by atoms with van der Waals surface area (Å²) < 4.78 is 51.3. The van der Waals surface area contributed by atoms with Crippen LogP contribution in [0.15, 0.2) is 71.1 Å². The molecule has 8 heteroatoms. The second kappa shape index (κ2) is 9.35. The van der Waals surface area contributed by atoms with Crippen LogP contribution in [0, 0.1) is 10.2 Å². The molecule has 170 valence electrons. The summed E-state index contributed by atoms with van der Waals surface area (Å²) >= 11 is 0. The van der Waals surface area contributed by atoms with E-state index < -0.39 is 10.2 Å². The zero-order valence-corrected chi connectivity index (χ0v) is 18.8. The highest BCUT2D eigenvalue weighted by Gasteiger charge is 2.32. The molecule has 0 spiro atoms. The molecule has 4 aromatic rings.